The standard InChI is InChI=1S/C14H17N3O3SSi/c1-17-12(18)8-10(6-7-22(3,4)5)11-9-15-14(16-13(11)17)21(2,19)20/h8-9H,1-5H3. The van der Waals surface area contributed by atoms with Gasteiger partial charge in [0, 0.05) is 31.1 Å². The van der Waals surface area contributed by atoms with Gasteiger partial charge >= 0.3 is 0 Å². The van der Waals surface area contributed by atoms with E-state index in [9.17, 15) is 13.2 Å². The summed E-state index contributed by atoms with van der Waals surface area (Å²) in [6.45, 7) is 6.30. The van der Waals surface area contributed by atoms with E-state index in [0.29, 0.717) is 10.9 Å². The first-order valence-corrected chi connectivity index (χ1v) is 12.0. The predicted molar refractivity (Wildman–Crippen MR) is 88.1 cm³/mol. The van der Waals surface area contributed by atoms with E-state index in [2.05, 4.69) is 41.1 Å². The Hall–Kier alpha value is -1.98. The van der Waals surface area contributed by atoms with Crippen molar-refractivity contribution in [2.24, 2.45) is 7.05 Å². The first-order valence-electron chi connectivity index (χ1n) is 6.59. The first kappa shape index (κ1) is 16.4. The number of aryl methyl sites for hydroxylation is 1. The highest BCUT2D eigenvalue weighted by Gasteiger charge is 2.15. The van der Waals surface area contributed by atoms with Crippen LogP contribution in [0.2, 0.25) is 19.6 Å². The summed E-state index contributed by atoms with van der Waals surface area (Å²) in [6.07, 6.45) is 2.44. The molecule has 0 radical (unpaired) electrons. The molecule has 0 fully saturated rings. The van der Waals surface area contributed by atoms with Crippen LogP contribution in [0.5, 0.6) is 0 Å². The molecule has 116 valence electrons. The quantitative estimate of drug-likeness (QED) is 0.440. The molecule has 0 saturated carbocycles. The maximum atomic E-state index is 12.0. The van der Waals surface area contributed by atoms with Gasteiger partial charge in [-0.3, -0.25) is 9.36 Å². The second kappa shape index (κ2) is 5.33. The SMILES string of the molecule is Cn1c(=O)cc(C#C[Si](C)(C)C)c2cnc(S(C)(=O)=O)nc21. The van der Waals surface area contributed by atoms with Gasteiger partial charge in [0.15, 0.2) is 0 Å². The van der Waals surface area contributed by atoms with Crippen LogP contribution < -0.4 is 5.56 Å². The number of aromatic nitrogens is 3. The number of sulfone groups is 1. The smallest absolute Gasteiger partial charge is 0.253 e. The molecule has 2 rings (SSSR count). The van der Waals surface area contributed by atoms with Crippen molar-refractivity contribution in [1.82, 2.24) is 14.5 Å². The normalized spacial score (nSPS) is 12.0. The molecule has 6 nitrogen and oxygen atoms in total. The zero-order chi connectivity index (χ0) is 16.7. The molecule has 0 aliphatic rings. The molecule has 0 saturated heterocycles. The molecule has 2 heterocycles. The van der Waals surface area contributed by atoms with Crippen LogP contribution in [-0.4, -0.2) is 37.3 Å². The molecular formula is C14H17N3O3SSi. The Bertz CT molecular complexity index is 977. The highest BCUT2D eigenvalue weighted by molar-refractivity contribution is 7.90. The minimum absolute atomic E-state index is 0.266. The maximum absolute atomic E-state index is 12.0. The van der Waals surface area contributed by atoms with Crippen LogP contribution >= 0.6 is 0 Å². The van der Waals surface area contributed by atoms with Gasteiger partial charge in [0.25, 0.3) is 5.56 Å². The minimum Gasteiger partial charge on any atom is -0.296 e. The fourth-order valence-electron chi connectivity index (χ4n) is 1.74. The molecule has 0 atom stereocenters. The van der Waals surface area contributed by atoms with Crippen LogP contribution in [0.1, 0.15) is 5.56 Å². The Morgan fingerprint density at radius 1 is 1.27 bits per heavy atom. The number of rotatable bonds is 1. The van der Waals surface area contributed by atoms with E-state index >= 15 is 0 Å². The van der Waals surface area contributed by atoms with E-state index in [-0.39, 0.29) is 16.4 Å². The summed E-state index contributed by atoms with van der Waals surface area (Å²) >= 11 is 0. The van der Waals surface area contributed by atoms with Gasteiger partial charge in [-0.05, 0) is 0 Å². The van der Waals surface area contributed by atoms with Gasteiger partial charge in [-0.15, -0.1) is 5.54 Å². The zero-order valence-electron chi connectivity index (χ0n) is 13.1. The van der Waals surface area contributed by atoms with Gasteiger partial charge in [0.1, 0.15) is 13.7 Å². The fraction of sp³-hybridized carbons (Fsp3) is 0.357. The molecule has 2 aromatic heterocycles. The van der Waals surface area contributed by atoms with Crippen molar-refractivity contribution in [3.05, 3.63) is 28.2 Å². The third kappa shape index (κ3) is 3.43. The third-order valence-corrected chi connectivity index (χ3v) is 4.59. The first-order chi connectivity index (χ1) is 9.99. The molecule has 8 heteroatoms. The molecule has 0 N–H and O–H groups in total. The summed E-state index contributed by atoms with van der Waals surface area (Å²) in [5.41, 5.74) is 3.70. The van der Waals surface area contributed by atoms with Gasteiger partial charge in [0.05, 0.1) is 5.39 Å². The van der Waals surface area contributed by atoms with Crippen molar-refractivity contribution in [2.45, 2.75) is 24.8 Å². The van der Waals surface area contributed by atoms with E-state index in [4.69, 9.17) is 0 Å². The van der Waals surface area contributed by atoms with Crippen molar-refractivity contribution in [1.29, 1.82) is 0 Å². The molecule has 0 aliphatic carbocycles. The van der Waals surface area contributed by atoms with Crippen molar-refractivity contribution >= 4 is 28.9 Å². The molecule has 0 aromatic carbocycles. The van der Waals surface area contributed by atoms with Gasteiger partial charge in [-0.25, -0.2) is 13.4 Å². The summed E-state index contributed by atoms with van der Waals surface area (Å²) in [6, 6.07) is 1.43. The van der Waals surface area contributed by atoms with Gasteiger partial charge in [0.2, 0.25) is 15.0 Å². The van der Waals surface area contributed by atoms with Gasteiger partial charge < -0.3 is 0 Å². The van der Waals surface area contributed by atoms with E-state index in [1.807, 2.05) is 0 Å². The zero-order valence-corrected chi connectivity index (χ0v) is 14.9. The number of nitrogens with zero attached hydrogens (tertiary/aromatic N) is 3. The molecule has 22 heavy (non-hydrogen) atoms. The second-order valence-corrected chi connectivity index (χ2v) is 12.8. The Balaban J connectivity index is 2.84. The van der Waals surface area contributed by atoms with Crippen molar-refractivity contribution in [3.8, 4) is 11.5 Å². The Morgan fingerprint density at radius 2 is 1.91 bits per heavy atom. The predicted octanol–water partition coefficient (Wildman–Crippen LogP) is 0.961. The summed E-state index contributed by atoms with van der Waals surface area (Å²) < 4.78 is 24.5. The molecule has 0 aliphatic heterocycles. The van der Waals surface area contributed by atoms with E-state index < -0.39 is 17.9 Å². The molecular weight excluding hydrogens is 318 g/mol. The van der Waals surface area contributed by atoms with Crippen molar-refractivity contribution in [3.63, 3.8) is 0 Å². The summed E-state index contributed by atoms with van der Waals surface area (Å²) in [4.78, 5) is 19.9. The van der Waals surface area contributed by atoms with E-state index in [1.54, 1.807) is 7.05 Å². The highest BCUT2D eigenvalue weighted by Crippen LogP contribution is 2.15. The van der Waals surface area contributed by atoms with Gasteiger partial charge in [-0.1, -0.05) is 25.6 Å². The number of hydrogen-bond acceptors (Lipinski definition) is 5. The Kier molecular flexibility index (Phi) is 3.97. The average Bonchev–Trinajstić information content (AvgIpc) is 2.39. The number of pyridine rings is 1. The average molecular weight is 335 g/mol. The summed E-state index contributed by atoms with van der Waals surface area (Å²) in [5, 5.41) is 0.269. The largest absolute Gasteiger partial charge is 0.296 e. The summed E-state index contributed by atoms with van der Waals surface area (Å²) in [5.74, 6) is 3.02. The molecule has 2 aromatic rings. The number of fused-ring (bicyclic) bond motifs is 1. The fourth-order valence-corrected chi connectivity index (χ4v) is 2.75. The second-order valence-electron chi connectivity index (χ2n) is 6.12. The molecule has 0 spiro atoms. The van der Waals surface area contributed by atoms with Crippen LogP contribution in [0.25, 0.3) is 11.0 Å². The van der Waals surface area contributed by atoms with Crippen molar-refractivity contribution < 1.29 is 8.42 Å². The third-order valence-electron chi connectivity index (χ3n) is 2.86. The lowest BCUT2D eigenvalue weighted by atomic mass is 10.2. The van der Waals surface area contributed by atoms with Crippen LogP contribution in [0, 0.1) is 11.5 Å². The molecule has 0 amide bonds. The lowest BCUT2D eigenvalue weighted by molar-refractivity contribution is 0.593. The van der Waals surface area contributed by atoms with Crippen LogP contribution in [0.4, 0.5) is 0 Å². The monoisotopic (exact) mass is 335 g/mol. The molecule has 0 unspecified atom stereocenters. The Morgan fingerprint density at radius 3 is 2.45 bits per heavy atom. The van der Waals surface area contributed by atoms with E-state index in [0.717, 1.165) is 6.26 Å². The Labute approximate surface area is 130 Å². The summed E-state index contributed by atoms with van der Waals surface area (Å²) in [7, 11) is -3.60. The van der Waals surface area contributed by atoms with Crippen LogP contribution in [-0.2, 0) is 16.9 Å². The maximum Gasteiger partial charge on any atom is 0.253 e. The highest BCUT2D eigenvalue weighted by atomic mass is 32.2. The topological polar surface area (TPSA) is 81.9 Å². The van der Waals surface area contributed by atoms with Gasteiger partial charge in [-0.2, -0.15) is 4.98 Å². The minimum atomic E-state index is -3.54. The van der Waals surface area contributed by atoms with E-state index in [1.165, 1.54) is 16.8 Å². The lowest BCUT2D eigenvalue weighted by Crippen LogP contribution is -2.20. The number of hydrogen-bond donors (Lipinski definition) is 0. The van der Waals surface area contributed by atoms with Crippen molar-refractivity contribution in [2.75, 3.05) is 6.26 Å². The molecule has 0 bridgehead atoms. The van der Waals surface area contributed by atoms with Crippen LogP contribution in [0.15, 0.2) is 22.2 Å². The lowest BCUT2D eigenvalue weighted by Gasteiger charge is -2.08. The van der Waals surface area contributed by atoms with Crippen LogP contribution in [0.3, 0.4) is 0 Å².